The highest BCUT2D eigenvalue weighted by Crippen LogP contribution is 2.31. The Morgan fingerprint density at radius 2 is 0.714 bits per heavy atom. The average Bonchev–Trinajstić information content (AvgIpc) is 2.66. The summed E-state index contributed by atoms with van der Waals surface area (Å²) in [7, 11) is -6.75. The van der Waals surface area contributed by atoms with Crippen molar-refractivity contribution in [3.63, 3.8) is 0 Å². The van der Waals surface area contributed by atoms with Gasteiger partial charge < -0.3 is 0 Å². The van der Waals surface area contributed by atoms with Crippen LogP contribution in [-0.4, -0.2) is 32.3 Å². The zero-order chi connectivity index (χ0) is 26.3. The molecular weight excluding hydrogens is 485 g/mol. The monoisotopic (exact) mass is 530 g/mol. The van der Waals surface area contributed by atoms with Crippen molar-refractivity contribution in [1.82, 2.24) is 0 Å². The predicted octanol–water partition coefficient (Wildman–Crippen LogP) is 7.64. The molecule has 4 heteroatoms. The van der Waals surface area contributed by atoms with Crippen LogP contribution in [0.5, 0.6) is 0 Å². The molecule has 0 aliphatic heterocycles. The van der Waals surface area contributed by atoms with Crippen LogP contribution in [0.2, 0.25) is 78.6 Å². The normalized spacial score (nSPS) is 13.9. The second-order valence-corrected chi connectivity index (χ2v) is 34.8. The number of benzene rings is 4. The van der Waals surface area contributed by atoms with Gasteiger partial charge in [-0.25, -0.2) is 0 Å². The summed E-state index contributed by atoms with van der Waals surface area (Å²) in [5, 5.41) is 16.4. The lowest BCUT2D eigenvalue weighted by molar-refractivity contribution is 1.51. The van der Waals surface area contributed by atoms with Crippen LogP contribution in [0.25, 0.3) is 32.3 Å². The van der Waals surface area contributed by atoms with Crippen molar-refractivity contribution in [2.24, 2.45) is 0 Å². The molecule has 0 nitrogen and oxygen atoms in total. The molecule has 0 radical (unpaired) electrons. The van der Waals surface area contributed by atoms with Gasteiger partial charge in [0.05, 0.1) is 32.3 Å². The average molecular weight is 531 g/mol. The maximum Gasteiger partial charge on any atom is 0.0792 e. The fourth-order valence-corrected chi connectivity index (χ4v) is 14.7. The van der Waals surface area contributed by atoms with E-state index < -0.39 is 32.3 Å². The minimum absolute atomic E-state index is 1.39. The summed E-state index contributed by atoms with van der Waals surface area (Å²) < 4.78 is 0. The third-order valence-electron chi connectivity index (χ3n) is 7.43. The number of aryl methyl sites for hydroxylation is 1. The maximum absolute atomic E-state index is 2.58. The zero-order valence-electron chi connectivity index (χ0n) is 24.5. The molecule has 0 unspecified atom stereocenters. The van der Waals surface area contributed by atoms with Crippen LogP contribution < -0.4 is 20.7 Å². The van der Waals surface area contributed by atoms with E-state index in [-0.39, 0.29) is 0 Å². The van der Waals surface area contributed by atoms with Gasteiger partial charge >= 0.3 is 0 Å². The summed E-state index contributed by atoms with van der Waals surface area (Å²) in [4.78, 5) is 0. The second-order valence-electron chi connectivity index (χ2n) is 14.8. The Balaban J connectivity index is 2.63. The molecular formula is C31H46Si4. The molecule has 0 saturated heterocycles. The van der Waals surface area contributed by atoms with E-state index in [1.807, 2.05) is 0 Å². The third-order valence-corrected chi connectivity index (χ3v) is 15.5. The Labute approximate surface area is 218 Å². The lowest BCUT2D eigenvalue weighted by atomic mass is 9.97. The molecule has 0 aliphatic rings. The first-order chi connectivity index (χ1) is 15.8. The lowest BCUT2D eigenvalue weighted by Crippen LogP contribution is -2.53. The van der Waals surface area contributed by atoms with Gasteiger partial charge in [-0.15, -0.1) is 0 Å². The molecule has 0 spiro atoms. The van der Waals surface area contributed by atoms with Gasteiger partial charge in [-0.2, -0.15) is 0 Å². The standard InChI is InChI=1S/C31H46Si4/c1-21-18-19-24-25(20-21)31(35(11,12)13)27-26(30(24)34(8,9)10)28(32(2,3)4)22-16-14-15-17-23(22)29(27)33(5,6)7/h14-20H,1-13H3. The Bertz CT molecular complexity index is 1470. The molecule has 0 aromatic heterocycles. The molecule has 0 amide bonds. The third kappa shape index (κ3) is 4.45. The summed E-state index contributed by atoms with van der Waals surface area (Å²) in [6.07, 6.45) is 0. The molecule has 186 valence electrons. The van der Waals surface area contributed by atoms with Gasteiger partial charge in [-0.3, -0.25) is 0 Å². The fraction of sp³-hybridized carbons (Fsp3) is 0.419. The second kappa shape index (κ2) is 8.27. The maximum atomic E-state index is 2.58. The highest BCUT2D eigenvalue weighted by molar-refractivity contribution is 7.02. The van der Waals surface area contributed by atoms with E-state index in [1.54, 1.807) is 53.1 Å². The summed E-state index contributed by atoms with van der Waals surface area (Å²) in [6, 6.07) is 16.8. The van der Waals surface area contributed by atoms with Crippen LogP contribution in [0.4, 0.5) is 0 Å². The topological polar surface area (TPSA) is 0 Å². The Hall–Kier alpha value is -1.47. The highest BCUT2D eigenvalue weighted by Gasteiger charge is 2.37. The highest BCUT2D eigenvalue weighted by atomic mass is 28.3. The molecule has 4 aromatic rings. The van der Waals surface area contributed by atoms with Gasteiger partial charge in [0.15, 0.2) is 0 Å². The number of hydrogen-bond acceptors (Lipinski definition) is 0. The van der Waals surface area contributed by atoms with Crippen LogP contribution in [0, 0.1) is 6.92 Å². The van der Waals surface area contributed by atoms with E-state index in [4.69, 9.17) is 0 Å². The van der Waals surface area contributed by atoms with Gasteiger partial charge in [0, 0.05) is 0 Å². The molecule has 0 heterocycles. The summed E-state index contributed by atoms with van der Waals surface area (Å²) in [5.74, 6) is 0. The number of rotatable bonds is 4. The quantitative estimate of drug-likeness (QED) is 0.188. The van der Waals surface area contributed by atoms with Gasteiger partial charge in [0.25, 0.3) is 0 Å². The van der Waals surface area contributed by atoms with Crippen LogP contribution in [0.15, 0.2) is 42.5 Å². The predicted molar refractivity (Wildman–Crippen MR) is 176 cm³/mol. The van der Waals surface area contributed by atoms with Crippen molar-refractivity contribution in [2.75, 3.05) is 0 Å². The number of hydrogen-bond donors (Lipinski definition) is 0. The van der Waals surface area contributed by atoms with Crippen molar-refractivity contribution in [2.45, 2.75) is 85.5 Å². The van der Waals surface area contributed by atoms with Gasteiger partial charge in [0.1, 0.15) is 0 Å². The minimum Gasteiger partial charge on any atom is -0.0656 e. The van der Waals surface area contributed by atoms with E-state index >= 15 is 0 Å². The van der Waals surface area contributed by atoms with Crippen molar-refractivity contribution in [3.8, 4) is 0 Å². The van der Waals surface area contributed by atoms with E-state index in [0.29, 0.717) is 0 Å². The molecule has 0 N–H and O–H groups in total. The van der Waals surface area contributed by atoms with Crippen LogP contribution >= 0.6 is 0 Å². The van der Waals surface area contributed by atoms with Crippen molar-refractivity contribution in [3.05, 3.63) is 48.0 Å². The van der Waals surface area contributed by atoms with Crippen LogP contribution in [0.3, 0.4) is 0 Å². The van der Waals surface area contributed by atoms with Crippen molar-refractivity contribution < 1.29 is 0 Å². The van der Waals surface area contributed by atoms with Crippen LogP contribution in [0.1, 0.15) is 5.56 Å². The summed E-state index contributed by atoms with van der Waals surface area (Å²) in [6.45, 7) is 33.2. The molecule has 0 fully saturated rings. The lowest BCUT2D eigenvalue weighted by Gasteiger charge is -2.36. The van der Waals surface area contributed by atoms with Gasteiger partial charge in [-0.1, -0.05) is 127 Å². The molecule has 35 heavy (non-hydrogen) atoms. The fourth-order valence-electron chi connectivity index (χ4n) is 6.41. The van der Waals surface area contributed by atoms with E-state index in [0.717, 1.165) is 0 Å². The molecule has 4 aromatic carbocycles. The summed E-state index contributed by atoms with van der Waals surface area (Å²) >= 11 is 0. The van der Waals surface area contributed by atoms with E-state index in [2.05, 4.69) is 128 Å². The first kappa shape index (κ1) is 26.6. The first-order valence-corrected chi connectivity index (χ1v) is 27.3. The molecule has 0 saturated carbocycles. The van der Waals surface area contributed by atoms with E-state index in [9.17, 15) is 0 Å². The molecule has 0 atom stereocenters. The first-order valence-electron chi connectivity index (χ1n) is 13.3. The Morgan fingerprint density at radius 3 is 1.06 bits per heavy atom. The van der Waals surface area contributed by atoms with Crippen molar-refractivity contribution in [1.29, 1.82) is 0 Å². The summed E-state index contributed by atoms with van der Waals surface area (Å²) in [5.41, 5.74) is 1.39. The van der Waals surface area contributed by atoms with Gasteiger partial charge in [0.2, 0.25) is 0 Å². The van der Waals surface area contributed by atoms with Crippen LogP contribution in [-0.2, 0) is 0 Å². The largest absolute Gasteiger partial charge is 0.0792 e. The zero-order valence-corrected chi connectivity index (χ0v) is 28.5. The van der Waals surface area contributed by atoms with E-state index in [1.165, 1.54) is 5.56 Å². The Kier molecular flexibility index (Phi) is 6.28. The smallest absolute Gasteiger partial charge is 0.0656 e. The minimum atomic E-state index is -1.69. The van der Waals surface area contributed by atoms with Gasteiger partial charge in [-0.05, 0) is 60.0 Å². The van der Waals surface area contributed by atoms with Crippen molar-refractivity contribution >= 4 is 85.4 Å². The number of fused-ring (bicyclic) bond motifs is 3. The molecule has 0 bridgehead atoms. The SMILES string of the molecule is Cc1ccc2c([Si](C)(C)C)c3c([Si](C)(C)C)c4ccccc4c([Si](C)(C)C)c3c([Si](C)(C)C)c2c1. The molecule has 0 aliphatic carbocycles. The Morgan fingerprint density at radius 1 is 0.400 bits per heavy atom. The molecule has 4 rings (SSSR count).